The highest BCUT2D eigenvalue weighted by atomic mass is 16.5. The van der Waals surface area contributed by atoms with Gasteiger partial charge in [-0.3, -0.25) is 14.4 Å². The molecule has 7 nitrogen and oxygen atoms in total. The van der Waals surface area contributed by atoms with Crippen LogP contribution in [0, 0.1) is 5.92 Å². The molecule has 1 aromatic rings. The van der Waals surface area contributed by atoms with E-state index in [4.69, 9.17) is 9.84 Å². The van der Waals surface area contributed by atoms with Crippen LogP contribution in [0.2, 0.25) is 0 Å². The lowest BCUT2D eigenvalue weighted by Gasteiger charge is -2.31. The molecule has 2 rings (SSSR count). The molecule has 0 spiro atoms. The molecule has 7 heteroatoms. The monoisotopic (exact) mass is 362 g/mol. The fourth-order valence-corrected chi connectivity index (χ4v) is 2.92. The van der Waals surface area contributed by atoms with E-state index >= 15 is 0 Å². The predicted octanol–water partition coefficient (Wildman–Crippen LogP) is 1.67. The van der Waals surface area contributed by atoms with E-state index < -0.39 is 5.97 Å². The highest BCUT2D eigenvalue weighted by Gasteiger charge is 2.28. The first kappa shape index (κ1) is 19.8. The number of carboxylic acids is 1. The third-order valence-corrected chi connectivity index (χ3v) is 4.50. The highest BCUT2D eigenvalue weighted by molar-refractivity contribution is 5.80. The van der Waals surface area contributed by atoms with E-state index in [0.29, 0.717) is 38.1 Å². The number of hydrogen-bond acceptors (Lipinski definition) is 4. The summed E-state index contributed by atoms with van der Waals surface area (Å²) >= 11 is 0. The predicted molar refractivity (Wildman–Crippen MR) is 95.7 cm³/mol. The van der Waals surface area contributed by atoms with Crippen LogP contribution in [0.25, 0.3) is 0 Å². The largest absolute Gasteiger partial charge is 0.484 e. The molecule has 0 radical (unpaired) electrons. The molecule has 0 saturated carbocycles. The van der Waals surface area contributed by atoms with Crippen molar-refractivity contribution in [2.75, 3.05) is 19.7 Å². The van der Waals surface area contributed by atoms with Crippen molar-refractivity contribution >= 4 is 17.8 Å². The minimum Gasteiger partial charge on any atom is -0.484 e. The van der Waals surface area contributed by atoms with Crippen LogP contribution in [0.1, 0.15) is 32.6 Å². The van der Waals surface area contributed by atoms with Crippen molar-refractivity contribution in [3.8, 4) is 5.75 Å². The number of nitrogens with zero attached hydrogens (tertiary/aromatic N) is 1. The summed E-state index contributed by atoms with van der Waals surface area (Å²) in [6.07, 6.45) is 1.66. The Morgan fingerprint density at radius 2 is 1.88 bits per heavy atom. The maximum atomic E-state index is 12.3. The minimum absolute atomic E-state index is 0.00685. The molecule has 1 unspecified atom stereocenters. The molecule has 1 aliphatic rings. The van der Waals surface area contributed by atoms with Gasteiger partial charge < -0.3 is 20.1 Å². The van der Waals surface area contributed by atoms with Crippen LogP contribution in [0.3, 0.4) is 0 Å². The lowest BCUT2D eigenvalue weighted by Crippen LogP contribution is -2.46. The fourth-order valence-electron chi connectivity index (χ4n) is 2.92. The van der Waals surface area contributed by atoms with E-state index in [9.17, 15) is 14.4 Å². The molecule has 1 aromatic carbocycles. The molecule has 1 saturated heterocycles. The first-order valence-electron chi connectivity index (χ1n) is 8.93. The van der Waals surface area contributed by atoms with Gasteiger partial charge in [0, 0.05) is 31.5 Å². The molecule has 2 N–H and O–H groups in total. The smallest absolute Gasteiger partial charge is 0.303 e. The van der Waals surface area contributed by atoms with E-state index in [0.717, 1.165) is 0 Å². The van der Waals surface area contributed by atoms with Crippen molar-refractivity contribution in [3.63, 3.8) is 0 Å². The van der Waals surface area contributed by atoms with E-state index in [2.05, 4.69) is 5.32 Å². The lowest BCUT2D eigenvalue weighted by atomic mass is 9.95. The van der Waals surface area contributed by atoms with Crippen molar-refractivity contribution < 1.29 is 24.2 Å². The number of carboxylic acid groups (broad SMARTS) is 1. The Bertz CT molecular complexity index is 612. The molecule has 0 aliphatic carbocycles. The number of likely N-dealkylation sites (tertiary alicyclic amines) is 1. The summed E-state index contributed by atoms with van der Waals surface area (Å²) in [5.74, 6) is -0.486. The first-order chi connectivity index (χ1) is 12.5. The van der Waals surface area contributed by atoms with Crippen molar-refractivity contribution in [2.45, 2.75) is 38.6 Å². The Morgan fingerprint density at radius 3 is 2.50 bits per heavy atom. The summed E-state index contributed by atoms with van der Waals surface area (Å²) in [5, 5.41) is 11.5. The zero-order valence-electron chi connectivity index (χ0n) is 15.0. The van der Waals surface area contributed by atoms with Crippen LogP contribution in [-0.4, -0.2) is 53.5 Å². The maximum absolute atomic E-state index is 12.3. The van der Waals surface area contributed by atoms with Crippen molar-refractivity contribution in [2.24, 2.45) is 5.92 Å². The Hall–Kier alpha value is -2.57. The lowest BCUT2D eigenvalue weighted by molar-refractivity contribution is -0.137. The molecule has 2 amide bonds. The number of hydrogen-bond donors (Lipinski definition) is 2. The topological polar surface area (TPSA) is 95.9 Å². The Balaban J connectivity index is 1.69. The summed E-state index contributed by atoms with van der Waals surface area (Å²) in [6.45, 7) is 2.85. The third kappa shape index (κ3) is 6.38. The van der Waals surface area contributed by atoms with Gasteiger partial charge in [0.2, 0.25) is 5.91 Å². The van der Waals surface area contributed by atoms with Gasteiger partial charge in [0.1, 0.15) is 5.75 Å². The van der Waals surface area contributed by atoms with Crippen LogP contribution in [-0.2, 0) is 14.4 Å². The molecule has 26 heavy (non-hydrogen) atoms. The van der Waals surface area contributed by atoms with Crippen LogP contribution in [0.4, 0.5) is 0 Å². The van der Waals surface area contributed by atoms with Crippen molar-refractivity contribution in [1.29, 1.82) is 0 Å². The standard InChI is InChI=1S/C19H26N2O5/c1-14(7-8-18(23)24)20-19(25)15-9-11-21(12-10-15)17(22)13-26-16-5-3-2-4-6-16/h2-6,14-15H,7-13H2,1H3,(H,20,25)(H,23,24). The molecule has 142 valence electrons. The number of carbonyl (C=O) groups excluding carboxylic acids is 2. The number of benzene rings is 1. The van der Waals surface area contributed by atoms with Gasteiger partial charge in [-0.25, -0.2) is 0 Å². The molecular formula is C19H26N2O5. The quantitative estimate of drug-likeness (QED) is 0.733. The van der Waals surface area contributed by atoms with Gasteiger partial charge in [0.25, 0.3) is 5.91 Å². The van der Waals surface area contributed by atoms with Crippen LogP contribution < -0.4 is 10.1 Å². The molecule has 0 bridgehead atoms. The second-order valence-corrected chi connectivity index (χ2v) is 6.60. The number of rotatable bonds is 8. The molecule has 1 aliphatic heterocycles. The minimum atomic E-state index is -0.865. The normalized spacial score (nSPS) is 16.0. The van der Waals surface area contributed by atoms with E-state index in [1.807, 2.05) is 18.2 Å². The SMILES string of the molecule is CC(CCC(=O)O)NC(=O)C1CCN(C(=O)COc2ccccc2)CC1. The Labute approximate surface area is 153 Å². The molecular weight excluding hydrogens is 336 g/mol. The van der Waals surface area contributed by atoms with Crippen LogP contribution in [0.5, 0.6) is 5.75 Å². The third-order valence-electron chi connectivity index (χ3n) is 4.50. The highest BCUT2D eigenvalue weighted by Crippen LogP contribution is 2.18. The van der Waals surface area contributed by atoms with Gasteiger partial charge in [-0.2, -0.15) is 0 Å². The number of carbonyl (C=O) groups is 3. The summed E-state index contributed by atoms with van der Waals surface area (Å²) < 4.78 is 5.48. The number of ether oxygens (including phenoxy) is 1. The van der Waals surface area contributed by atoms with Gasteiger partial charge >= 0.3 is 5.97 Å². The van der Waals surface area contributed by atoms with Gasteiger partial charge in [-0.05, 0) is 38.3 Å². The average Bonchev–Trinajstić information content (AvgIpc) is 2.65. The zero-order valence-corrected chi connectivity index (χ0v) is 15.0. The Kier molecular flexibility index (Phi) is 7.44. The first-order valence-corrected chi connectivity index (χ1v) is 8.93. The van der Waals surface area contributed by atoms with E-state index in [1.165, 1.54) is 0 Å². The van der Waals surface area contributed by atoms with E-state index in [-0.39, 0.29) is 36.8 Å². The van der Waals surface area contributed by atoms with Crippen LogP contribution in [0.15, 0.2) is 30.3 Å². The van der Waals surface area contributed by atoms with Gasteiger partial charge in [-0.15, -0.1) is 0 Å². The molecule has 1 heterocycles. The van der Waals surface area contributed by atoms with E-state index in [1.54, 1.807) is 24.0 Å². The second kappa shape index (κ2) is 9.79. The number of nitrogens with one attached hydrogen (secondary N) is 1. The summed E-state index contributed by atoms with van der Waals surface area (Å²) in [7, 11) is 0. The maximum Gasteiger partial charge on any atom is 0.303 e. The summed E-state index contributed by atoms with van der Waals surface area (Å²) in [5.41, 5.74) is 0. The van der Waals surface area contributed by atoms with Gasteiger partial charge in [0.05, 0.1) is 0 Å². The second-order valence-electron chi connectivity index (χ2n) is 6.60. The number of amides is 2. The van der Waals surface area contributed by atoms with Crippen molar-refractivity contribution in [1.82, 2.24) is 10.2 Å². The average molecular weight is 362 g/mol. The number of aliphatic carboxylic acids is 1. The summed E-state index contributed by atoms with van der Waals surface area (Å²) in [6, 6.07) is 9.01. The van der Waals surface area contributed by atoms with Gasteiger partial charge in [-0.1, -0.05) is 18.2 Å². The fraction of sp³-hybridized carbons (Fsp3) is 0.526. The summed E-state index contributed by atoms with van der Waals surface area (Å²) in [4.78, 5) is 36.8. The molecule has 1 atom stereocenters. The molecule has 0 aromatic heterocycles. The van der Waals surface area contributed by atoms with Gasteiger partial charge in [0.15, 0.2) is 6.61 Å². The zero-order chi connectivity index (χ0) is 18.9. The van der Waals surface area contributed by atoms with Crippen LogP contribution >= 0.6 is 0 Å². The number of para-hydroxylation sites is 1. The number of piperidine rings is 1. The Morgan fingerprint density at radius 1 is 1.23 bits per heavy atom. The molecule has 1 fully saturated rings. The van der Waals surface area contributed by atoms with Crippen molar-refractivity contribution in [3.05, 3.63) is 30.3 Å².